The van der Waals surface area contributed by atoms with Crippen LogP contribution >= 0.6 is 0 Å². The van der Waals surface area contributed by atoms with Gasteiger partial charge in [0.05, 0.1) is 12.0 Å². The molecule has 0 amide bonds. The average molecular weight is 348 g/mol. The minimum absolute atomic E-state index is 0.108. The molecule has 0 aliphatic carbocycles. The van der Waals surface area contributed by atoms with Gasteiger partial charge in [-0.2, -0.15) is 4.31 Å². The van der Waals surface area contributed by atoms with Gasteiger partial charge in [-0.3, -0.25) is 0 Å². The average Bonchev–Trinajstić information content (AvgIpc) is 2.60. The van der Waals surface area contributed by atoms with Gasteiger partial charge in [0.25, 0.3) is 0 Å². The van der Waals surface area contributed by atoms with Crippen molar-refractivity contribution in [3.8, 4) is 5.75 Å². The van der Waals surface area contributed by atoms with Crippen LogP contribution < -0.4 is 10.5 Å². The zero-order chi connectivity index (χ0) is 17.3. The van der Waals surface area contributed by atoms with Crippen molar-refractivity contribution in [2.75, 3.05) is 20.2 Å². The van der Waals surface area contributed by atoms with Crippen molar-refractivity contribution < 1.29 is 13.2 Å². The molecule has 2 aromatic carbocycles. The van der Waals surface area contributed by atoms with Crippen LogP contribution in [-0.4, -0.2) is 39.0 Å². The van der Waals surface area contributed by atoms with Crippen LogP contribution in [0.15, 0.2) is 41.3 Å². The fourth-order valence-electron chi connectivity index (χ4n) is 3.43. The summed E-state index contributed by atoms with van der Waals surface area (Å²) in [6.07, 6.45) is 1.62. The predicted molar refractivity (Wildman–Crippen MR) is 95.6 cm³/mol. The highest BCUT2D eigenvalue weighted by Gasteiger charge is 2.31. The second kappa shape index (κ2) is 6.70. The van der Waals surface area contributed by atoms with Gasteiger partial charge in [-0.25, -0.2) is 8.42 Å². The number of nitrogens with zero attached hydrogens (tertiary/aromatic N) is 1. The molecule has 0 spiro atoms. The van der Waals surface area contributed by atoms with Crippen molar-refractivity contribution in [3.05, 3.63) is 36.4 Å². The Morgan fingerprint density at radius 2 is 1.75 bits per heavy atom. The summed E-state index contributed by atoms with van der Waals surface area (Å²) < 4.78 is 33.2. The Bertz CT molecular complexity index is 825. The molecule has 2 aromatic rings. The molecule has 1 heterocycles. The van der Waals surface area contributed by atoms with Crippen LogP contribution in [0.2, 0.25) is 0 Å². The quantitative estimate of drug-likeness (QED) is 0.922. The van der Waals surface area contributed by atoms with E-state index in [0.29, 0.717) is 35.0 Å². The first kappa shape index (κ1) is 17.2. The zero-order valence-corrected chi connectivity index (χ0v) is 14.9. The molecule has 1 aliphatic rings. The van der Waals surface area contributed by atoms with E-state index in [0.717, 1.165) is 18.2 Å². The Morgan fingerprint density at radius 3 is 2.33 bits per heavy atom. The van der Waals surface area contributed by atoms with Crippen LogP contribution in [0.4, 0.5) is 0 Å². The summed E-state index contributed by atoms with van der Waals surface area (Å²) in [7, 11) is -1.93. The van der Waals surface area contributed by atoms with Crippen molar-refractivity contribution in [2.45, 2.75) is 30.7 Å². The standard InChI is InChI=1S/C18H24N2O3S/c1-13(19)14-9-11-20(12-10-14)24(21,22)18-8-7-17(23-2)15-5-3-4-6-16(15)18/h3-8,13-14H,9-12,19H2,1-2H3. The van der Waals surface area contributed by atoms with Gasteiger partial charge in [-0.15, -0.1) is 0 Å². The summed E-state index contributed by atoms with van der Waals surface area (Å²) in [6.45, 7) is 3.04. The van der Waals surface area contributed by atoms with E-state index >= 15 is 0 Å². The van der Waals surface area contributed by atoms with Crippen LogP contribution in [0.1, 0.15) is 19.8 Å². The molecular weight excluding hydrogens is 324 g/mol. The van der Waals surface area contributed by atoms with E-state index in [2.05, 4.69) is 0 Å². The third-order valence-corrected chi connectivity index (χ3v) is 6.88. The first-order chi connectivity index (χ1) is 11.4. The maximum atomic E-state index is 13.1. The normalized spacial score (nSPS) is 18.6. The molecule has 0 bridgehead atoms. The van der Waals surface area contributed by atoms with E-state index in [-0.39, 0.29) is 6.04 Å². The Morgan fingerprint density at radius 1 is 1.12 bits per heavy atom. The van der Waals surface area contributed by atoms with E-state index < -0.39 is 10.0 Å². The van der Waals surface area contributed by atoms with Gasteiger partial charge >= 0.3 is 0 Å². The van der Waals surface area contributed by atoms with Crippen molar-refractivity contribution in [3.63, 3.8) is 0 Å². The van der Waals surface area contributed by atoms with Crippen LogP contribution in [0.3, 0.4) is 0 Å². The fourth-order valence-corrected chi connectivity index (χ4v) is 5.09. The summed E-state index contributed by atoms with van der Waals surface area (Å²) in [6, 6.07) is 10.9. The lowest BCUT2D eigenvalue weighted by Crippen LogP contribution is -2.42. The molecular formula is C18H24N2O3S. The minimum Gasteiger partial charge on any atom is -0.496 e. The molecule has 1 atom stereocenters. The Balaban J connectivity index is 1.98. The topological polar surface area (TPSA) is 72.6 Å². The summed E-state index contributed by atoms with van der Waals surface area (Å²) in [5.41, 5.74) is 5.96. The number of benzene rings is 2. The number of hydrogen-bond donors (Lipinski definition) is 1. The van der Waals surface area contributed by atoms with E-state index in [4.69, 9.17) is 10.5 Å². The number of nitrogens with two attached hydrogens (primary N) is 1. The molecule has 3 rings (SSSR count). The molecule has 0 saturated carbocycles. The highest BCUT2D eigenvalue weighted by atomic mass is 32.2. The Hall–Kier alpha value is -1.63. The van der Waals surface area contributed by atoms with Gasteiger partial charge in [0.15, 0.2) is 0 Å². The van der Waals surface area contributed by atoms with E-state index in [1.54, 1.807) is 23.5 Å². The third kappa shape index (κ3) is 3.01. The van der Waals surface area contributed by atoms with Gasteiger partial charge in [0.1, 0.15) is 5.75 Å². The van der Waals surface area contributed by atoms with Crippen LogP contribution in [-0.2, 0) is 10.0 Å². The maximum absolute atomic E-state index is 13.1. The molecule has 2 N–H and O–H groups in total. The van der Waals surface area contributed by atoms with Crippen molar-refractivity contribution in [2.24, 2.45) is 11.7 Å². The zero-order valence-electron chi connectivity index (χ0n) is 14.1. The number of rotatable bonds is 4. The summed E-state index contributed by atoms with van der Waals surface area (Å²) in [5, 5.41) is 1.51. The van der Waals surface area contributed by atoms with E-state index in [1.165, 1.54) is 0 Å². The monoisotopic (exact) mass is 348 g/mol. The van der Waals surface area contributed by atoms with E-state index in [1.807, 2.05) is 31.2 Å². The number of fused-ring (bicyclic) bond motifs is 1. The van der Waals surface area contributed by atoms with Crippen LogP contribution in [0.5, 0.6) is 5.75 Å². The largest absolute Gasteiger partial charge is 0.496 e. The number of methoxy groups -OCH3 is 1. The highest BCUT2D eigenvalue weighted by Crippen LogP contribution is 2.33. The first-order valence-electron chi connectivity index (χ1n) is 8.26. The summed E-state index contributed by atoms with van der Waals surface area (Å²) in [4.78, 5) is 0.346. The lowest BCUT2D eigenvalue weighted by atomic mass is 9.92. The lowest BCUT2D eigenvalue weighted by molar-refractivity contribution is 0.251. The number of hydrogen-bond acceptors (Lipinski definition) is 4. The lowest BCUT2D eigenvalue weighted by Gasteiger charge is -2.33. The number of ether oxygens (including phenoxy) is 1. The second-order valence-electron chi connectivity index (χ2n) is 6.41. The molecule has 0 radical (unpaired) electrons. The number of piperidine rings is 1. The summed E-state index contributed by atoms with van der Waals surface area (Å²) >= 11 is 0. The maximum Gasteiger partial charge on any atom is 0.243 e. The SMILES string of the molecule is COc1ccc(S(=O)(=O)N2CCC(C(C)N)CC2)c2ccccc12. The predicted octanol–water partition coefficient (Wildman–Crippen LogP) is 2.60. The molecule has 1 aliphatic heterocycles. The summed E-state index contributed by atoms with van der Waals surface area (Å²) in [5.74, 6) is 1.07. The van der Waals surface area contributed by atoms with Gasteiger partial charge in [0.2, 0.25) is 10.0 Å². The molecule has 1 saturated heterocycles. The second-order valence-corrected chi connectivity index (χ2v) is 8.32. The Labute approximate surface area is 143 Å². The van der Waals surface area contributed by atoms with E-state index in [9.17, 15) is 8.42 Å². The van der Waals surface area contributed by atoms with Crippen LogP contribution in [0, 0.1) is 5.92 Å². The molecule has 1 unspecified atom stereocenters. The van der Waals surface area contributed by atoms with Crippen LogP contribution in [0.25, 0.3) is 10.8 Å². The molecule has 24 heavy (non-hydrogen) atoms. The van der Waals surface area contributed by atoms with Crippen molar-refractivity contribution in [1.82, 2.24) is 4.31 Å². The first-order valence-corrected chi connectivity index (χ1v) is 9.70. The molecule has 6 heteroatoms. The minimum atomic E-state index is -3.53. The molecule has 0 aromatic heterocycles. The smallest absolute Gasteiger partial charge is 0.243 e. The van der Waals surface area contributed by atoms with Gasteiger partial charge < -0.3 is 10.5 Å². The van der Waals surface area contributed by atoms with Gasteiger partial charge in [-0.05, 0) is 37.8 Å². The van der Waals surface area contributed by atoms with Crippen molar-refractivity contribution in [1.29, 1.82) is 0 Å². The highest BCUT2D eigenvalue weighted by molar-refractivity contribution is 7.89. The number of sulfonamides is 1. The molecule has 1 fully saturated rings. The molecule has 5 nitrogen and oxygen atoms in total. The van der Waals surface area contributed by atoms with Crippen molar-refractivity contribution >= 4 is 20.8 Å². The third-order valence-electron chi connectivity index (χ3n) is 4.92. The van der Waals surface area contributed by atoms with Gasteiger partial charge in [0, 0.05) is 29.9 Å². The Kier molecular flexibility index (Phi) is 4.80. The molecule has 130 valence electrons. The fraction of sp³-hybridized carbons (Fsp3) is 0.444. The van der Waals surface area contributed by atoms with Gasteiger partial charge in [-0.1, -0.05) is 24.3 Å².